The fraction of sp³-hybridized carbons (Fsp3) is 0.167. The number of rotatable bonds is 7. The van der Waals surface area contributed by atoms with E-state index >= 15 is 0 Å². The van der Waals surface area contributed by atoms with Crippen LogP contribution in [0, 0.1) is 0 Å². The number of thioether (sulfide) groups is 1. The van der Waals surface area contributed by atoms with Crippen molar-refractivity contribution < 1.29 is 9.21 Å². The second-order valence-electron chi connectivity index (χ2n) is 5.37. The zero-order valence-electron chi connectivity index (χ0n) is 13.6. The van der Waals surface area contributed by atoms with E-state index in [-0.39, 0.29) is 11.9 Å². The van der Waals surface area contributed by atoms with Gasteiger partial charge in [0.05, 0.1) is 0 Å². The van der Waals surface area contributed by atoms with Gasteiger partial charge in [-0.2, -0.15) is 0 Å². The van der Waals surface area contributed by atoms with Gasteiger partial charge in [-0.25, -0.2) is 0 Å². The van der Waals surface area contributed by atoms with E-state index in [1.165, 1.54) is 0 Å². The van der Waals surface area contributed by atoms with Crippen LogP contribution in [0.4, 0.5) is 6.01 Å². The summed E-state index contributed by atoms with van der Waals surface area (Å²) in [4.78, 5) is 13.1. The maximum absolute atomic E-state index is 12.0. The molecule has 1 aromatic heterocycles. The summed E-state index contributed by atoms with van der Waals surface area (Å²) in [5, 5.41) is 11.2. The average Bonchev–Trinajstić information content (AvgIpc) is 3.09. The minimum atomic E-state index is -0.146. The van der Waals surface area contributed by atoms with Crippen molar-refractivity contribution in [2.45, 2.75) is 17.7 Å². The van der Waals surface area contributed by atoms with Crippen molar-refractivity contribution in [2.75, 3.05) is 11.1 Å². The highest BCUT2D eigenvalue weighted by Gasteiger charge is 2.11. The third-order valence-electron chi connectivity index (χ3n) is 3.39. The fourth-order valence-electron chi connectivity index (χ4n) is 2.12. The zero-order valence-corrected chi connectivity index (χ0v) is 16.8. The topological polar surface area (TPSA) is 68.0 Å². The summed E-state index contributed by atoms with van der Waals surface area (Å²) >= 11 is 10.9. The Labute approximate surface area is 168 Å². The lowest BCUT2D eigenvalue weighted by Crippen LogP contribution is -2.11. The molecule has 0 aliphatic rings. The monoisotopic (exact) mass is 451 g/mol. The van der Waals surface area contributed by atoms with Gasteiger partial charge < -0.3 is 4.42 Å². The first-order chi connectivity index (χ1) is 12.6. The Morgan fingerprint density at radius 3 is 2.58 bits per heavy atom. The molecule has 0 aliphatic heterocycles. The summed E-state index contributed by atoms with van der Waals surface area (Å²) in [7, 11) is 0. The van der Waals surface area contributed by atoms with Crippen LogP contribution in [0.25, 0.3) is 11.5 Å². The molecule has 134 valence electrons. The lowest BCUT2D eigenvalue weighted by atomic mass is 10.2. The van der Waals surface area contributed by atoms with Crippen LogP contribution < -0.4 is 5.32 Å². The van der Waals surface area contributed by atoms with E-state index in [2.05, 4.69) is 31.4 Å². The average molecular weight is 453 g/mol. The number of amides is 1. The molecule has 0 saturated carbocycles. The third kappa shape index (κ3) is 5.59. The Bertz CT molecular complexity index is 869. The van der Waals surface area contributed by atoms with Crippen molar-refractivity contribution in [3.8, 4) is 11.5 Å². The summed E-state index contributed by atoms with van der Waals surface area (Å²) in [5.41, 5.74) is 0.792. The van der Waals surface area contributed by atoms with Gasteiger partial charge in [-0.15, -0.1) is 16.9 Å². The van der Waals surface area contributed by atoms with Gasteiger partial charge in [0.1, 0.15) is 0 Å². The standard InChI is InChI=1S/C18H15BrClN3O2S/c19-13-5-3-12(4-6-13)17-22-23-18(25-17)21-16(24)2-1-11-26-15-9-7-14(20)8-10-15/h3-10H,1-2,11H2,(H,21,23,24). The van der Waals surface area contributed by atoms with Crippen LogP contribution in [0.15, 0.2) is 62.3 Å². The molecule has 3 rings (SSSR count). The van der Waals surface area contributed by atoms with E-state index < -0.39 is 0 Å². The van der Waals surface area contributed by atoms with Crippen LogP contribution in [0.5, 0.6) is 0 Å². The summed E-state index contributed by atoms with van der Waals surface area (Å²) < 4.78 is 6.44. The molecule has 1 heterocycles. The number of benzene rings is 2. The zero-order chi connectivity index (χ0) is 18.4. The Kier molecular flexibility index (Phi) is 6.71. The molecule has 0 saturated heterocycles. The van der Waals surface area contributed by atoms with Gasteiger partial charge in [-0.05, 0) is 60.7 Å². The normalized spacial score (nSPS) is 10.7. The second-order valence-corrected chi connectivity index (χ2v) is 7.89. The van der Waals surface area contributed by atoms with Gasteiger partial charge in [0.2, 0.25) is 11.8 Å². The molecule has 0 spiro atoms. The van der Waals surface area contributed by atoms with Crippen molar-refractivity contribution in [3.05, 3.63) is 58.0 Å². The smallest absolute Gasteiger partial charge is 0.322 e. The third-order valence-corrected chi connectivity index (χ3v) is 5.27. The number of nitrogens with one attached hydrogen (secondary N) is 1. The molecular formula is C18H15BrClN3O2S. The summed E-state index contributed by atoms with van der Waals surface area (Å²) in [5.74, 6) is 1.06. The number of aromatic nitrogens is 2. The number of nitrogens with zero attached hydrogens (tertiary/aromatic N) is 2. The minimum absolute atomic E-state index is 0.110. The van der Waals surface area contributed by atoms with Gasteiger partial charge in [0.25, 0.3) is 0 Å². The van der Waals surface area contributed by atoms with Gasteiger partial charge in [-0.1, -0.05) is 32.6 Å². The van der Waals surface area contributed by atoms with Crippen LogP contribution in [-0.2, 0) is 4.79 Å². The first kappa shape index (κ1) is 18.9. The van der Waals surface area contributed by atoms with Crippen molar-refractivity contribution in [1.29, 1.82) is 0 Å². The van der Waals surface area contributed by atoms with Crippen molar-refractivity contribution in [1.82, 2.24) is 10.2 Å². The number of hydrogen-bond donors (Lipinski definition) is 1. The Balaban J connectivity index is 1.43. The van der Waals surface area contributed by atoms with Crippen LogP contribution in [0.3, 0.4) is 0 Å². The molecular weight excluding hydrogens is 438 g/mol. The highest BCUT2D eigenvalue weighted by molar-refractivity contribution is 9.10. The van der Waals surface area contributed by atoms with Gasteiger partial charge in [0.15, 0.2) is 0 Å². The minimum Gasteiger partial charge on any atom is -0.403 e. The van der Waals surface area contributed by atoms with E-state index in [0.717, 1.165) is 32.1 Å². The molecule has 26 heavy (non-hydrogen) atoms. The van der Waals surface area contributed by atoms with Crippen molar-refractivity contribution in [2.24, 2.45) is 0 Å². The largest absolute Gasteiger partial charge is 0.403 e. The Morgan fingerprint density at radius 1 is 1.12 bits per heavy atom. The number of hydrogen-bond acceptors (Lipinski definition) is 5. The molecule has 5 nitrogen and oxygen atoms in total. The number of carbonyl (C=O) groups excluding carboxylic acids is 1. The molecule has 0 aliphatic carbocycles. The molecule has 2 aromatic carbocycles. The molecule has 0 fully saturated rings. The molecule has 1 amide bonds. The predicted octanol–water partition coefficient (Wildman–Crippen LogP) is 5.66. The van der Waals surface area contributed by atoms with E-state index in [4.69, 9.17) is 16.0 Å². The lowest BCUT2D eigenvalue weighted by Gasteiger charge is -2.02. The summed E-state index contributed by atoms with van der Waals surface area (Å²) in [6.45, 7) is 0. The second kappa shape index (κ2) is 9.21. The number of anilines is 1. The lowest BCUT2D eigenvalue weighted by molar-refractivity contribution is -0.116. The number of carbonyl (C=O) groups is 1. The van der Waals surface area contributed by atoms with Gasteiger partial charge in [0, 0.05) is 26.4 Å². The van der Waals surface area contributed by atoms with E-state index in [0.29, 0.717) is 12.3 Å². The molecule has 0 radical (unpaired) electrons. The van der Waals surface area contributed by atoms with E-state index in [1.807, 2.05) is 48.5 Å². The Hall–Kier alpha value is -1.83. The van der Waals surface area contributed by atoms with Gasteiger partial charge in [-0.3, -0.25) is 10.1 Å². The van der Waals surface area contributed by atoms with Crippen LogP contribution >= 0.6 is 39.3 Å². The Morgan fingerprint density at radius 2 is 1.85 bits per heavy atom. The van der Waals surface area contributed by atoms with Crippen molar-refractivity contribution in [3.63, 3.8) is 0 Å². The van der Waals surface area contributed by atoms with Gasteiger partial charge >= 0.3 is 6.01 Å². The van der Waals surface area contributed by atoms with Crippen molar-refractivity contribution >= 4 is 51.2 Å². The SMILES string of the molecule is O=C(CCCSc1ccc(Cl)cc1)Nc1nnc(-c2ccc(Br)cc2)o1. The maximum Gasteiger partial charge on any atom is 0.322 e. The molecule has 0 bridgehead atoms. The summed E-state index contributed by atoms with van der Waals surface area (Å²) in [6.07, 6.45) is 1.13. The summed E-state index contributed by atoms with van der Waals surface area (Å²) in [6, 6.07) is 15.2. The highest BCUT2D eigenvalue weighted by atomic mass is 79.9. The first-order valence-electron chi connectivity index (χ1n) is 7.88. The fourth-order valence-corrected chi connectivity index (χ4v) is 3.36. The van der Waals surface area contributed by atoms with E-state index in [1.54, 1.807) is 11.8 Å². The van der Waals surface area contributed by atoms with Crippen LogP contribution in [0.2, 0.25) is 5.02 Å². The highest BCUT2D eigenvalue weighted by Crippen LogP contribution is 2.23. The quantitative estimate of drug-likeness (QED) is 0.370. The number of halogens is 2. The molecule has 0 unspecified atom stereocenters. The molecule has 0 atom stereocenters. The maximum atomic E-state index is 12.0. The van der Waals surface area contributed by atoms with Crippen LogP contribution in [-0.4, -0.2) is 21.9 Å². The molecule has 3 aromatic rings. The molecule has 8 heteroatoms. The van der Waals surface area contributed by atoms with Crippen LogP contribution in [0.1, 0.15) is 12.8 Å². The first-order valence-corrected chi connectivity index (χ1v) is 10.0. The predicted molar refractivity (Wildman–Crippen MR) is 107 cm³/mol. The molecule has 1 N–H and O–H groups in total. The van der Waals surface area contributed by atoms with E-state index in [9.17, 15) is 4.79 Å².